The Labute approximate surface area is 165 Å². The van der Waals surface area contributed by atoms with E-state index in [4.69, 9.17) is 5.14 Å². The normalized spacial score (nSPS) is 11.2. The number of hydrogen-bond donors (Lipinski definition) is 3. The minimum Gasteiger partial charge on any atom is -0.370 e. The van der Waals surface area contributed by atoms with Crippen LogP contribution in [0.2, 0.25) is 0 Å². The molecule has 0 saturated carbocycles. The van der Waals surface area contributed by atoms with Crippen LogP contribution in [0.4, 0.5) is 17.5 Å². The molecule has 0 unspecified atom stereocenters. The lowest BCUT2D eigenvalue weighted by molar-refractivity contribution is 0.598. The highest BCUT2D eigenvalue weighted by Gasteiger charge is 2.07. The van der Waals surface area contributed by atoms with Gasteiger partial charge >= 0.3 is 0 Å². The molecule has 3 aromatic rings. The van der Waals surface area contributed by atoms with Gasteiger partial charge in [-0.05, 0) is 61.2 Å². The van der Waals surface area contributed by atoms with Gasteiger partial charge in [-0.2, -0.15) is 4.98 Å². The van der Waals surface area contributed by atoms with Crippen molar-refractivity contribution in [1.29, 1.82) is 0 Å². The fourth-order valence-corrected chi connectivity index (χ4v) is 3.20. The van der Waals surface area contributed by atoms with Crippen LogP contribution in [0, 0.1) is 13.8 Å². The maximum absolute atomic E-state index is 11.3. The van der Waals surface area contributed by atoms with E-state index in [-0.39, 0.29) is 4.90 Å². The molecule has 2 aromatic carbocycles. The number of anilines is 3. The quantitative estimate of drug-likeness (QED) is 0.565. The molecular weight excluding hydrogens is 374 g/mol. The number of hydrogen-bond acceptors (Lipinski definition) is 6. The smallest absolute Gasteiger partial charge is 0.238 e. The molecule has 0 spiro atoms. The van der Waals surface area contributed by atoms with Crippen molar-refractivity contribution in [2.45, 2.75) is 25.2 Å². The van der Waals surface area contributed by atoms with E-state index in [1.165, 1.54) is 12.1 Å². The van der Waals surface area contributed by atoms with E-state index < -0.39 is 10.0 Å². The van der Waals surface area contributed by atoms with Crippen molar-refractivity contribution >= 4 is 27.5 Å². The van der Waals surface area contributed by atoms with E-state index in [1.54, 1.807) is 24.4 Å². The number of nitrogens with two attached hydrogens (primary N) is 1. The second kappa shape index (κ2) is 8.37. The summed E-state index contributed by atoms with van der Waals surface area (Å²) in [6.45, 7) is 4.72. The molecule has 1 heterocycles. The van der Waals surface area contributed by atoms with Gasteiger partial charge in [0, 0.05) is 18.4 Å². The van der Waals surface area contributed by atoms with Crippen LogP contribution in [-0.2, 0) is 16.4 Å². The Kier molecular flexibility index (Phi) is 5.91. The van der Waals surface area contributed by atoms with E-state index in [2.05, 4.69) is 38.8 Å². The van der Waals surface area contributed by atoms with E-state index in [0.717, 1.165) is 22.4 Å². The zero-order valence-electron chi connectivity index (χ0n) is 15.8. The lowest BCUT2D eigenvalue weighted by Crippen LogP contribution is -2.12. The highest BCUT2D eigenvalue weighted by atomic mass is 32.2. The Morgan fingerprint density at radius 1 is 1.04 bits per heavy atom. The van der Waals surface area contributed by atoms with Crippen molar-refractivity contribution in [3.63, 3.8) is 0 Å². The minimum absolute atomic E-state index is 0.113. The number of aromatic nitrogens is 2. The average molecular weight is 398 g/mol. The lowest BCUT2D eigenvalue weighted by Gasteiger charge is -2.11. The third-order valence-corrected chi connectivity index (χ3v) is 5.20. The maximum Gasteiger partial charge on any atom is 0.238 e. The molecule has 3 rings (SSSR count). The van der Waals surface area contributed by atoms with Crippen molar-refractivity contribution in [2.24, 2.45) is 5.14 Å². The van der Waals surface area contributed by atoms with Gasteiger partial charge in [-0.25, -0.2) is 18.5 Å². The summed E-state index contributed by atoms with van der Waals surface area (Å²) >= 11 is 0. The molecule has 28 heavy (non-hydrogen) atoms. The fourth-order valence-electron chi connectivity index (χ4n) is 2.69. The van der Waals surface area contributed by atoms with Crippen LogP contribution in [0.5, 0.6) is 0 Å². The summed E-state index contributed by atoms with van der Waals surface area (Å²) in [6, 6.07) is 14.5. The molecule has 0 amide bonds. The van der Waals surface area contributed by atoms with Crippen LogP contribution in [0.3, 0.4) is 0 Å². The van der Waals surface area contributed by atoms with Crippen molar-refractivity contribution in [3.8, 4) is 0 Å². The van der Waals surface area contributed by atoms with Crippen molar-refractivity contribution in [1.82, 2.24) is 9.97 Å². The summed E-state index contributed by atoms with van der Waals surface area (Å²) < 4.78 is 22.6. The number of aryl methyl sites for hydroxylation is 2. The summed E-state index contributed by atoms with van der Waals surface area (Å²) in [4.78, 5) is 8.87. The zero-order valence-corrected chi connectivity index (χ0v) is 16.6. The summed E-state index contributed by atoms with van der Waals surface area (Å²) in [6.07, 6.45) is 2.42. The Morgan fingerprint density at radius 3 is 2.50 bits per heavy atom. The lowest BCUT2D eigenvalue weighted by atomic mass is 10.1. The molecule has 0 radical (unpaired) electrons. The first-order chi connectivity index (χ1) is 13.3. The van der Waals surface area contributed by atoms with Gasteiger partial charge in [0.2, 0.25) is 16.0 Å². The molecule has 4 N–H and O–H groups in total. The number of primary sulfonamides is 1. The topological polar surface area (TPSA) is 110 Å². The van der Waals surface area contributed by atoms with E-state index >= 15 is 0 Å². The highest BCUT2D eigenvalue weighted by Crippen LogP contribution is 2.20. The summed E-state index contributed by atoms with van der Waals surface area (Å²) in [7, 11) is -3.66. The summed E-state index contributed by atoms with van der Waals surface area (Å²) in [5.74, 6) is 1.24. The largest absolute Gasteiger partial charge is 0.370 e. The number of nitrogens with one attached hydrogen (secondary N) is 2. The second-order valence-corrected chi connectivity index (χ2v) is 8.14. The molecule has 0 bridgehead atoms. The Morgan fingerprint density at radius 2 is 1.79 bits per heavy atom. The van der Waals surface area contributed by atoms with E-state index in [0.29, 0.717) is 24.7 Å². The van der Waals surface area contributed by atoms with E-state index in [1.807, 2.05) is 13.8 Å². The molecule has 0 aliphatic heterocycles. The van der Waals surface area contributed by atoms with Gasteiger partial charge in [-0.15, -0.1) is 0 Å². The molecule has 0 aliphatic carbocycles. The molecular formula is C20H23N5O2S. The maximum atomic E-state index is 11.3. The first-order valence-corrected chi connectivity index (χ1v) is 10.4. The monoisotopic (exact) mass is 397 g/mol. The Bertz CT molecular complexity index is 1070. The van der Waals surface area contributed by atoms with Gasteiger partial charge < -0.3 is 10.6 Å². The molecule has 0 atom stereocenters. The van der Waals surface area contributed by atoms with Gasteiger partial charge in [0.05, 0.1) is 4.90 Å². The van der Waals surface area contributed by atoms with Gasteiger partial charge in [0.15, 0.2) is 0 Å². The number of nitrogens with zero attached hydrogens (tertiary/aromatic N) is 2. The van der Waals surface area contributed by atoms with Gasteiger partial charge in [0.25, 0.3) is 0 Å². The molecule has 1 aromatic heterocycles. The van der Waals surface area contributed by atoms with Crippen LogP contribution in [0.15, 0.2) is 59.6 Å². The SMILES string of the molecule is Cc1ccc(C)c(Nc2nccc(NCCc3ccc(S(N)(=O)=O)cc3)n2)c1. The van der Waals surface area contributed by atoms with Crippen molar-refractivity contribution < 1.29 is 8.42 Å². The van der Waals surface area contributed by atoms with Crippen LogP contribution < -0.4 is 15.8 Å². The van der Waals surface area contributed by atoms with Crippen LogP contribution >= 0.6 is 0 Å². The van der Waals surface area contributed by atoms with Gasteiger partial charge in [0.1, 0.15) is 5.82 Å². The Balaban J connectivity index is 1.60. The van der Waals surface area contributed by atoms with E-state index in [9.17, 15) is 8.42 Å². The molecule has 146 valence electrons. The van der Waals surface area contributed by atoms with Crippen LogP contribution in [0.25, 0.3) is 0 Å². The molecule has 8 heteroatoms. The average Bonchev–Trinajstić information content (AvgIpc) is 2.65. The number of rotatable bonds is 7. The third-order valence-electron chi connectivity index (χ3n) is 4.27. The minimum atomic E-state index is -3.66. The van der Waals surface area contributed by atoms with Gasteiger partial charge in [-0.1, -0.05) is 24.3 Å². The third kappa shape index (κ3) is 5.28. The van der Waals surface area contributed by atoms with Crippen molar-refractivity contribution in [2.75, 3.05) is 17.2 Å². The predicted octanol–water partition coefficient (Wildman–Crippen LogP) is 3.14. The zero-order chi connectivity index (χ0) is 20.1. The second-order valence-electron chi connectivity index (χ2n) is 6.57. The van der Waals surface area contributed by atoms with Crippen molar-refractivity contribution in [3.05, 3.63) is 71.4 Å². The molecule has 0 saturated heterocycles. The van der Waals surface area contributed by atoms with Crippen LogP contribution in [-0.4, -0.2) is 24.9 Å². The standard InChI is InChI=1S/C20H23N5O2S/c1-14-3-4-15(2)18(13-14)24-20-23-12-10-19(25-20)22-11-9-16-5-7-17(8-6-16)28(21,26)27/h3-8,10,12-13H,9,11H2,1-2H3,(H2,21,26,27)(H2,22,23,24,25). The fraction of sp³-hybridized carbons (Fsp3) is 0.200. The number of sulfonamides is 1. The van der Waals surface area contributed by atoms with Gasteiger partial charge in [-0.3, -0.25) is 0 Å². The Hall–Kier alpha value is -2.97. The molecule has 0 fully saturated rings. The summed E-state index contributed by atoms with van der Waals surface area (Å²) in [5.41, 5.74) is 4.26. The highest BCUT2D eigenvalue weighted by molar-refractivity contribution is 7.89. The molecule has 7 nitrogen and oxygen atoms in total. The van der Waals surface area contributed by atoms with Crippen LogP contribution in [0.1, 0.15) is 16.7 Å². The number of benzene rings is 2. The first-order valence-electron chi connectivity index (χ1n) is 8.84. The first kappa shape index (κ1) is 19.8. The predicted molar refractivity (Wildman–Crippen MR) is 111 cm³/mol. The summed E-state index contributed by atoms with van der Waals surface area (Å²) in [5, 5.41) is 11.6. The molecule has 0 aliphatic rings.